The fourth-order valence-corrected chi connectivity index (χ4v) is 3.18. The van der Waals surface area contributed by atoms with Gasteiger partial charge in [0.15, 0.2) is 0 Å². The Bertz CT molecular complexity index is 483. The predicted octanol–water partition coefficient (Wildman–Crippen LogP) is 2.22. The van der Waals surface area contributed by atoms with Gasteiger partial charge in [-0.3, -0.25) is 9.69 Å². The molecular weight excluding hydrogens is 233 g/mol. The molecule has 0 radical (unpaired) electrons. The number of benzene rings is 1. The number of rotatable bonds is 3. The van der Waals surface area contributed by atoms with Crippen LogP contribution in [-0.4, -0.2) is 29.1 Å². The molecule has 18 heavy (non-hydrogen) atoms. The molecule has 1 saturated heterocycles. The molecule has 3 nitrogen and oxygen atoms in total. The summed E-state index contributed by atoms with van der Waals surface area (Å²) in [5.74, 6) is -0.595. The number of carboxylic acid groups (broad SMARTS) is 1. The third kappa shape index (κ3) is 2.01. The van der Waals surface area contributed by atoms with Crippen molar-refractivity contribution in [1.82, 2.24) is 4.90 Å². The monoisotopic (exact) mass is 249 g/mol. The van der Waals surface area contributed by atoms with Crippen LogP contribution in [0, 0.1) is 11.7 Å². The third-order valence-electron chi connectivity index (χ3n) is 4.04. The first-order chi connectivity index (χ1) is 8.63. The van der Waals surface area contributed by atoms with Crippen LogP contribution in [0.2, 0.25) is 0 Å². The van der Waals surface area contributed by atoms with Gasteiger partial charge in [0.2, 0.25) is 0 Å². The Morgan fingerprint density at radius 2 is 2.22 bits per heavy atom. The van der Waals surface area contributed by atoms with Gasteiger partial charge in [0.05, 0.1) is 6.42 Å². The molecule has 1 unspecified atom stereocenters. The van der Waals surface area contributed by atoms with Crippen molar-refractivity contribution in [2.45, 2.75) is 25.3 Å². The van der Waals surface area contributed by atoms with Crippen molar-refractivity contribution in [2.75, 3.05) is 13.1 Å². The highest BCUT2D eigenvalue weighted by Gasteiger charge is 2.36. The van der Waals surface area contributed by atoms with E-state index in [-0.39, 0.29) is 18.2 Å². The van der Waals surface area contributed by atoms with Gasteiger partial charge in [0.1, 0.15) is 5.82 Å². The molecule has 0 spiro atoms. The summed E-state index contributed by atoms with van der Waals surface area (Å²) >= 11 is 0. The van der Waals surface area contributed by atoms with Gasteiger partial charge in [0.25, 0.3) is 0 Å². The maximum atomic E-state index is 13.1. The van der Waals surface area contributed by atoms with Crippen molar-refractivity contribution in [3.63, 3.8) is 0 Å². The van der Waals surface area contributed by atoms with Crippen molar-refractivity contribution < 1.29 is 14.3 Å². The van der Waals surface area contributed by atoms with Crippen LogP contribution in [0.15, 0.2) is 18.2 Å². The van der Waals surface area contributed by atoms with Crippen LogP contribution >= 0.6 is 0 Å². The fraction of sp³-hybridized carbons (Fsp3) is 0.500. The minimum absolute atomic E-state index is 0.165. The lowest BCUT2D eigenvalue weighted by Gasteiger charge is -2.43. The van der Waals surface area contributed by atoms with Crippen LogP contribution in [0.5, 0.6) is 0 Å². The predicted molar refractivity (Wildman–Crippen MR) is 64.8 cm³/mol. The van der Waals surface area contributed by atoms with Gasteiger partial charge in [-0.05, 0) is 42.0 Å². The van der Waals surface area contributed by atoms with E-state index in [9.17, 15) is 9.18 Å². The van der Waals surface area contributed by atoms with Crippen molar-refractivity contribution in [2.24, 2.45) is 5.92 Å². The van der Waals surface area contributed by atoms with Crippen LogP contribution in [0.4, 0.5) is 4.39 Å². The minimum atomic E-state index is -0.714. The number of aliphatic carboxylic acids is 1. The molecule has 1 aromatic rings. The molecule has 0 aromatic heterocycles. The molecule has 0 saturated carbocycles. The highest BCUT2D eigenvalue weighted by Crippen LogP contribution is 2.39. The van der Waals surface area contributed by atoms with Crippen molar-refractivity contribution in [3.05, 3.63) is 35.1 Å². The van der Waals surface area contributed by atoms with Crippen LogP contribution in [-0.2, 0) is 11.2 Å². The number of hydrogen-bond acceptors (Lipinski definition) is 2. The van der Waals surface area contributed by atoms with Gasteiger partial charge in [-0.2, -0.15) is 0 Å². The Morgan fingerprint density at radius 3 is 2.94 bits per heavy atom. The second-order valence-corrected chi connectivity index (χ2v) is 5.32. The van der Waals surface area contributed by atoms with Crippen LogP contribution in [0.25, 0.3) is 0 Å². The summed E-state index contributed by atoms with van der Waals surface area (Å²) in [5, 5.41) is 8.73. The SMILES string of the molecule is O=C(O)CC1CN(C2CCc3cc(F)ccc32)C1. The summed E-state index contributed by atoms with van der Waals surface area (Å²) in [5.41, 5.74) is 2.34. The highest BCUT2D eigenvalue weighted by atomic mass is 19.1. The summed E-state index contributed by atoms with van der Waals surface area (Å²) in [6.07, 6.45) is 2.22. The molecule has 96 valence electrons. The number of fused-ring (bicyclic) bond motifs is 1. The second kappa shape index (κ2) is 4.35. The van der Waals surface area contributed by atoms with E-state index in [1.165, 1.54) is 11.6 Å². The number of hydrogen-bond donors (Lipinski definition) is 1. The number of aryl methyl sites for hydroxylation is 1. The number of carboxylic acids is 1. The van der Waals surface area contributed by atoms with Gasteiger partial charge < -0.3 is 5.11 Å². The maximum Gasteiger partial charge on any atom is 0.303 e. The smallest absolute Gasteiger partial charge is 0.303 e. The summed E-state index contributed by atoms with van der Waals surface area (Å²) in [4.78, 5) is 12.9. The normalized spacial score (nSPS) is 23.7. The van der Waals surface area contributed by atoms with Crippen LogP contribution < -0.4 is 0 Å². The Balaban J connectivity index is 1.66. The number of nitrogens with zero attached hydrogens (tertiary/aromatic N) is 1. The summed E-state index contributed by atoms with van der Waals surface area (Å²) in [6, 6.07) is 5.40. The zero-order valence-corrected chi connectivity index (χ0v) is 10.1. The van der Waals surface area contributed by atoms with E-state index < -0.39 is 5.97 Å². The number of likely N-dealkylation sites (tertiary alicyclic amines) is 1. The molecule has 0 amide bonds. The largest absolute Gasteiger partial charge is 0.481 e. The first kappa shape index (κ1) is 11.7. The van der Waals surface area contributed by atoms with E-state index in [0.717, 1.165) is 31.5 Å². The Hall–Kier alpha value is -1.42. The van der Waals surface area contributed by atoms with Gasteiger partial charge in [-0.1, -0.05) is 6.07 Å². The molecule has 1 atom stereocenters. The molecule has 2 aliphatic rings. The number of carbonyl (C=O) groups is 1. The molecule has 1 aliphatic carbocycles. The third-order valence-corrected chi connectivity index (χ3v) is 4.04. The lowest BCUT2D eigenvalue weighted by atomic mass is 9.92. The topological polar surface area (TPSA) is 40.5 Å². The van der Waals surface area contributed by atoms with Gasteiger partial charge in [-0.15, -0.1) is 0 Å². The second-order valence-electron chi connectivity index (χ2n) is 5.32. The van der Waals surface area contributed by atoms with Crippen LogP contribution in [0.3, 0.4) is 0 Å². The molecule has 1 heterocycles. The average Bonchev–Trinajstić information content (AvgIpc) is 2.65. The van der Waals surface area contributed by atoms with Crippen molar-refractivity contribution in [1.29, 1.82) is 0 Å². The Labute approximate surface area is 105 Å². The molecule has 1 N–H and O–H groups in total. The summed E-state index contributed by atoms with van der Waals surface area (Å²) in [6.45, 7) is 1.71. The highest BCUT2D eigenvalue weighted by molar-refractivity contribution is 5.67. The first-order valence-electron chi connectivity index (χ1n) is 6.37. The average molecular weight is 249 g/mol. The van der Waals surface area contributed by atoms with Crippen LogP contribution in [0.1, 0.15) is 30.0 Å². The van der Waals surface area contributed by atoms with E-state index in [4.69, 9.17) is 5.11 Å². The maximum absolute atomic E-state index is 13.1. The lowest BCUT2D eigenvalue weighted by Crippen LogP contribution is -2.48. The van der Waals surface area contributed by atoms with Crippen molar-refractivity contribution >= 4 is 5.97 Å². The summed E-state index contributed by atoms with van der Waals surface area (Å²) in [7, 11) is 0. The van der Waals surface area contributed by atoms with Gasteiger partial charge >= 0.3 is 5.97 Å². The van der Waals surface area contributed by atoms with E-state index in [0.29, 0.717) is 6.04 Å². The minimum Gasteiger partial charge on any atom is -0.481 e. The molecule has 3 rings (SSSR count). The van der Waals surface area contributed by atoms with Crippen molar-refractivity contribution in [3.8, 4) is 0 Å². The van der Waals surface area contributed by atoms with Gasteiger partial charge in [-0.25, -0.2) is 4.39 Å². The quantitative estimate of drug-likeness (QED) is 0.893. The zero-order valence-electron chi connectivity index (χ0n) is 10.1. The van der Waals surface area contributed by atoms with Gasteiger partial charge in [0, 0.05) is 19.1 Å². The zero-order chi connectivity index (χ0) is 12.7. The molecule has 4 heteroatoms. The first-order valence-corrected chi connectivity index (χ1v) is 6.37. The lowest BCUT2D eigenvalue weighted by molar-refractivity contribution is -0.139. The standard InChI is InChI=1S/C14H16FNO2/c15-11-2-3-12-10(6-11)1-4-13(12)16-7-9(8-16)5-14(17)18/h2-3,6,9,13H,1,4-5,7-8H2,(H,17,18). The van der Waals surface area contributed by atoms with E-state index in [1.54, 1.807) is 6.07 Å². The molecular formula is C14H16FNO2. The Kier molecular flexibility index (Phi) is 2.82. The molecule has 1 fully saturated rings. The number of halogens is 1. The molecule has 1 aromatic carbocycles. The molecule has 1 aliphatic heterocycles. The Morgan fingerprint density at radius 1 is 1.44 bits per heavy atom. The molecule has 0 bridgehead atoms. The van der Waals surface area contributed by atoms with E-state index in [2.05, 4.69) is 4.90 Å². The van der Waals surface area contributed by atoms with E-state index in [1.807, 2.05) is 6.07 Å². The summed E-state index contributed by atoms with van der Waals surface area (Å²) < 4.78 is 13.1. The fourth-order valence-electron chi connectivity index (χ4n) is 3.18. The van der Waals surface area contributed by atoms with E-state index >= 15 is 0 Å².